The number of rotatable bonds is 0. The number of hydrogen-bond acceptors (Lipinski definition) is 4. The minimum absolute atomic E-state index is 0.0240. The third-order valence-corrected chi connectivity index (χ3v) is 5.52. The van der Waals surface area contributed by atoms with Crippen LogP contribution in [0.2, 0.25) is 0 Å². The van der Waals surface area contributed by atoms with Gasteiger partial charge in [0.25, 0.3) is 0 Å². The van der Waals surface area contributed by atoms with Crippen LogP contribution in [0.1, 0.15) is 27.2 Å². The van der Waals surface area contributed by atoms with Crippen LogP contribution in [-0.2, 0) is 14.3 Å². The molecule has 1 N–H and O–H groups in total. The lowest BCUT2D eigenvalue weighted by Crippen LogP contribution is -2.47. The predicted octanol–water partition coefficient (Wildman–Crippen LogP) is 1.33. The summed E-state index contributed by atoms with van der Waals surface area (Å²) >= 11 is 0. The summed E-state index contributed by atoms with van der Waals surface area (Å²) in [6.45, 7) is 5.69. The Morgan fingerprint density at radius 3 is 2.74 bits per heavy atom. The first-order valence-corrected chi connectivity index (χ1v) is 6.98. The SMILES string of the molecule is C[C@@H]1C[C@@H]2OC(=O)[C@H](C)[C@H]2[C@@H](O)[C@]2(C)C(=O)C=C[C@@H]12. The van der Waals surface area contributed by atoms with E-state index in [4.69, 9.17) is 4.74 Å². The number of carbonyl (C=O) groups excluding carboxylic acids is 2. The van der Waals surface area contributed by atoms with E-state index in [1.54, 1.807) is 13.0 Å². The van der Waals surface area contributed by atoms with E-state index in [0.29, 0.717) is 0 Å². The van der Waals surface area contributed by atoms with Crippen LogP contribution in [0.3, 0.4) is 0 Å². The standard InChI is InChI=1S/C15H20O4/c1-7-6-10-12(8(2)14(18)19-10)13(17)15(3)9(7)4-5-11(15)16/h4-5,7-10,12-13,17H,6H2,1-3H3/t7-,8-,9+,10+,12-,13-,15+/m1/s1. The van der Waals surface area contributed by atoms with Gasteiger partial charge in [-0.3, -0.25) is 9.59 Å². The van der Waals surface area contributed by atoms with E-state index >= 15 is 0 Å². The van der Waals surface area contributed by atoms with E-state index in [-0.39, 0.29) is 41.5 Å². The maximum atomic E-state index is 12.2. The van der Waals surface area contributed by atoms with Crippen molar-refractivity contribution in [2.45, 2.75) is 39.4 Å². The number of esters is 1. The Balaban J connectivity index is 2.06. The fourth-order valence-corrected chi connectivity index (χ4v) is 4.27. The summed E-state index contributed by atoms with van der Waals surface area (Å²) in [4.78, 5) is 24.0. The predicted molar refractivity (Wildman–Crippen MR) is 68.1 cm³/mol. The lowest BCUT2D eigenvalue weighted by molar-refractivity contribution is -0.144. The molecule has 1 heterocycles. The van der Waals surface area contributed by atoms with Crippen molar-refractivity contribution < 1.29 is 19.4 Å². The molecule has 0 aromatic heterocycles. The van der Waals surface area contributed by atoms with Crippen LogP contribution in [0.4, 0.5) is 0 Å². The van der Waals surface area contributed by atoms with Gasteiger partial charge in [0.15, 0.2) is 5.78 Å². The molecule has 104 valence electrons. The number of fused-ring (bicyclic) bond motifs is 2. The molecule has 2 fully saturated rings. The zero-order chi connectivity index (χ0) is 13.9. The van der Waals surface area contributed by atoms with Crippen molar-refractivity contribution in [3.05, 3.63) is 12.2 Å². The second kappa shape index (κ2) is 3.92. The molecule has 0 aromatic rings. The topological polar surface area (TPSA) is 63.6 Å². The highest BCUT2D eigenvalue weighted by Gasteiger charge is 2.60. The molecule has 3 aliphatic rings. The van der Waals surface area contributed by atoms with E-state index in [1.807, 2.05) is 13.0 Å². The van der Waals surface area contributed by atoms with E-state index in [0.717, 1.165) is 6.42 Å². The van der Waals surface area contributed by atoms with E-state index < -0.39 is 11.5 Å². The smallest absolute Gasteiger partial charge is 0.309 e. The third kappa shape index (κ3) is 1.49. The number of hydrogen-bond donors (Lipinski definition) is 1. The van der Waals surface area contributed by atoms with Crippen LogP contribution in [0.5, 0.6) is 0 Å². The van der Waals surface area contributed by atoms with Crippen LogP contribution >= 0.6 is 0 Å². The highest BCUT2D eigenvalue weighted by atomic mass is 16.6. The van der Waals surface area contributed by atoms with Crippen molar-refractivity contribution in [3.8, 4) is 0 Å². The summed E-state index contributed by atoms with van der Waals surface area (Å²) in [5.74, 6) is -0.627. The van der Waals surface area contributed by atoms with Crippen molar-refractivity contribution in [1.29, 1.82) is 0 Å². The molecule has 4 heteroatoms. The molecule has 0 radical (unpaired) electrons. The molecule has 7 atom stereocenters. The molecule has 0 bridgehead atoms. The normalized spacial score (nSPS) is 52.6. The molecule has 1 saturated carbocycles. The Bertz CT molecular complexity index is 469. The molecule has 4 nitrogen and oxygen atoms in total. The van der Waals surface area contributed by atoms with Gasteiger partial charge in [-0.1, -0.05) is 19.9 Å². The van der Waals surface area contributed by atoms with Gasteiger partial charge < -0.3 is 9.84 Å². The second-order valence-corrected chi connectivity index (χ2v) is 6.53. The summed E-state index contributed by atoms with van der Waals surface area (Å²) in [7, 11) is 0. The maximum absolute atomic E-state index is 12.2. The number of aliphatic hydroxyl groups is 1. The summed E-state index contributed by atoms with van der Waals surface area (Å²) in [6, 6.07) is 0. The Kier molecular flexibility index (Phi) is 2.65. The summed E-state index contributed by atoms with van der Waals surface area (Å²) in [6.07, 6.45) is 3.15. The molecular weight excluding hydrogens is 244 g/mol. The Morgan fingerprint density at radius 2 is 2.05 bits per heavy atom. The molecule has 1 aliphatic heterocycles. The zero-order valence-electron chi connectivity index (χ0n) is 11.5. The minimum atomic E-state index is -0.823. The van der Waals surface area contributed by atoms with Crippen molar-refractivity contribution >= 4 is 11.8 Å². The largest absolute Gasteiger partial charge is 0.462 e. The highest BCUT2D eigenvalue weighted by Crippen LogP contribution is 2.53. The monoisotopic (exact) mass is 264 g/mol. The van der Waals surface area contributed by atoms with Gasteiger partial charge in [0, 0.05) is 5.92 Å². The van der Waals surface area contributed by atoms with E-state index in [1.165, 1.54) is 0 Å². The van der Waals surface area contributed by atoms with Crippen molar-refractivity contribution in [3.63, 3.8) is 0 Å². The first-order chi connectivity index (χ1) is 8.87. The lowest BCUT2D eigenvalue weighted by atomic mass is 9.67. The van der Waals surface area contributed by atoms with E-state index in [2.05, 4.69) is 6.92 Å². The lowest BCUT2D eigenvalue weighted by Gasteiger charge is -2.37. The van der Waals surface area contributed by atoms with Gasteiger partial charge in [0.1, 0.15) is 6.10 Å². The van der Waals surface area contributed by atoms with Crippen LogP contribution < -0.4 is 0 Å². The fourth-order valence-electron chi connectivity index (χ4n) is 4.27. The minimum Gasteiger partial charge on any atom is -0.462 e. The van der Waals surface area contributed by atoms with Crippen LogP contribution in [0.15, 0.2) is 12.2 Å². The molecule has 2 aliphatic carbocycles. The quantitative estimate of drug-likeness (QED) is 0.670. The Labute approximate surface area is 112 Å². The Morgan fingerprint density at radius 1 is 1.37 bits per heavy atom. The van der Waals surface area contributed by atoms with Gasteiger partial charge in [-0.05, 0) is 31.3 Å². The second-order valence-electron chi connectivity index (χ2n) is 6.53. The van der Waals surface area contributed by atoms with Gasteiger partial charge in [-0.2, -0.15) is 0 Å². The van der Waals surface area contributed by atoms with Gasteiger partial charge in [0.05, 0.1) is 17.4 Å². The molecular formula is C15H20O4. The van der Waals surface area contributed by atoms with Gasteiger partial charge in [-0.15, -0.1) is 0 Å². The zero-order valence-corrected chi connectivity index (χ0v) is 11.5. The average Bonchev–Trinajstić information content (AvgIpc) is 2.77. The van der Waals surface area contributed by atoms with Crippen LogP contribution in [0.25, 0.3) is 0 Å². The van der Waals surface area contributed by atoms with Crippen molar-refractivity contribution in [1.82, 2.24) is 0 Å². The van der Waals surface area contributed by atoms with Gasteiger partial charge >= 0.3 is 5.97 Å². The molecule has 0 spiro atoms. The molecule has 3 rings (SSSR count). The Hall–Kier alpha value is -1.16. The van der Waals surface area contributed by atoms with Gasteiger partial charge in [-0.25, -0.2) is 0 Å². The number of aliphatic hydroxyl groups excluding tert-OH is 1. The van der Waals surface area contributed by atoms with Crippen LogP contribution in [0, 0.1) is 29.1 Å². The van der Waals surface area contributed by atoms with Crippen molar-refractivity contribution in [2.75, 3.05) is 0 Å². The third-order valence-electron chi connectivity index (χ3n) is 5.52. The molecule has 0 amide bonds. The highest BCUT2D eigenvalue weighted by molar-refractivity contribution is 5.98. The molecule has 19 heavy (non-hydrogen) atoms. The van der Waals surface area contributed by atoms with Crippen molar-refractivity contribution in [2.24, 2.45) is 29.1 Å². The van der Waals surface area contributed by atoms with Crippen LogP contribution in [-0.4, -0.2) is 29.1 Å². The summed E-state index contributed by atoms with van der Waals surface area (Å²) in [5, 5.41) is 10.8. The fraction of sp³-hybridized carbons (Fsp3) is 0.733. The average molecular weight is 264 g/mol. The number of allylic oxidation sites excluding steroid dienone is 2. The molecule has 0 aromatic carbocycles. The first-order valence-electron chi connectivity index (χ1n) is 6.98. The summed E-state index contributed by atoms with van der Waals surface area (Å²) in [5.41, 5.74) is -0.804. The maximum Gasteiger partial charge on any atom is 0.309 e. The number of carbonyl (C=O) groups is 2. The number of ketones is 1. The van der Waals surface area contributed by atoms with Gasteiger partial charge in [0.2, 0.25) is 0 Å². The summed E-state index contributed by atoms with van der Waals surface area (Å²) < 4.78 is 5.41. The van der Waals surface area contributed by atoms with E-state index in [9.17, 15) is 14.7 Å². The molecule has 1 saturated heterocycles. The number of ether oxygens (including phenoxy) is 1. The first kappa shape index (κ1) is 12.9. The molecule has 0 unspecified atom stereocenters.